The fourth-order valence-electron chi connectivity index (χ4n) is 4.00. The van der Waals surface area contributed by atoms with E-state index in [1.807, 2.05) is 67.7 Å². The lowest BCUT2D eigenvalue weighted by Gasteiger charge is -2.33. The van der Waals surface area contributed by atoms with Crippen LogP contribution < -0.4 is 11.1 Å². The van der Waals surface area contributed by atoms with E-state index < -0.39 is 17.9 Å². The summed E-state index contributed by atoms with van der Waals surface area (Å²) in [6.07, 6.45) is 1.15. The van der Waals surface area contributed by atoms with E-state index in [2.05, 4.69) is 5.32 Å². The van der Waals surface area contributed by atoms with Gasteiger partial charge >= 0.3 is 0 Å². The van der Waals surface area contributed by atoms with Gasteiger partial charge in [-0.05, 0) is 55.3 Å². The van der Waals surface area contributed by atoms with Crippen LogP contribution in [0.3, 0.4) is 0 Å². The second-order valence-corrected chi connectivity index (χ2v) is 8.05. The summed E-state index contributed by atoms with van der Waals surface area (Å²) < 4.78 is 0. The summed E-state index contributed by atoms with van der Waals surface area (Å²) in [5.41, 5.74) is 8.33. The summed E-state index contributed by atoms with van der Waals surface area (Å²) in [5.74, 6) is -1.15. The molecule has 0 spiro atoms. The second kappa shape index (κ2) is 11.8. The third-order valence-corrected chi connectivity index (χ3v) is 5.69. The van der Waals surface area contributed by atoms with E-state index in [4.69, 9.17) is 5.73 Å². The Balaban J connectivity index is 2.04. The Morgan fingerprint density at radius 3 is 1.94 bits per heavy atom. The summed E-state index contributed by atoms with van der Waals surface area (Å²) in [6, 6.07) is 25.0. The predicted molar refractivity (Wildman–Crippen MR) is 130 cm³/mol. The molecule has 0 aliphatic heterocycles. The minimum atomic E-state index is -0.755. The van der Waals surface area contributed by atoms with Crippen LogP contribution in [0.15, 0.2) is 84.9 Å². The number of nitrogens with two attached hydrogens (primary N) is 1. The van der Waals surface area contributed by atoms with Crippen molar-refractivity contribution in [2.45, 2.75) is 31.3 Å². The van der Waals surface area contributed by atoms with Crippen molar-refractivity contribution in [2.75, 3.05) is 13.6 Å². The molecule has 0 fully saturated rings. The Bertz CT molecular complexity index is 984. The fourth-order valence-corrected chi connectivity index (χ4v) is 4.00. The number of hydrogen-bond donors (Lipinski definition) is 3. The van der Waals surface area contributed by atoms with E-state index in [9.17, 15) is 14.7 Å². The molecule has 0 aromatic heterocycles. The van der Waals surface area contributed by atoms with Crippen LogP contribution in [0, 0.1) is 0 Å². The smallest absolute Gasteiger partial charge is 0.240 e. The van der Waals surface area contributed by atoms with Crippen LogP contribution in [-0.4, -0.2) is 41.5 Å². The molecule has 0 aliphatic rings. The molecular formula is C27H31N3O3. The third kappa shape index (κ3) is 6.43. The van der Waals surface area contributed by atoms with Crippen molar-refractivity contribution in [3.05, 3.63) is 102 Å². The van der Waals surface area contributed by atoms with Gasteiger partial charge in [-0.2, -0.15) is 0 Å². The van der Waals surface area contributed by atoms with Crippen LogP contribution in [0.5, 0.6) is 5.75 Å². The van der Waals surface area contributed by atoms with Gasteiger partial charge in [0.05, 0.1) is 5.92 Å². The zero-order valence-corrected chi connectivity index (χ0v) is 18.9. The molecule has 0 unspecified atom stereocenters. The SMILES string of the molecule is CNCCC[C@H](C(N)=O)N(Cc1ccc(O)cc1)C(=O)C(c1ccccc1)c1ccccc1. The normalized spacial score (nSPS) is 11.8. The highest BCUT2D eigenvalue weighted by molar-refractivity contribution is 5.92. The molecule has 3 aromatic rings. The van der Waals surface area contributed by atoms with Crippen molar-refractivity contribution in [3.63, 3.8) is 0 Å². The molecule has 0 aliphatic carbocycles. The maximum Gasteiger partial charge on any atom is 0.240 e. The molecule has 33 heavy (non-hydrogen) atoms. The first-order chi connectivity index (χ1) is 16.0. The van der Waals surface area contributed by atoms with E-state index >= 15 is 0 Å². The Labute approximate surface area is 195 Å². The lowest BCUT2D eigenvalue weighted by atomic mass is 9.89. The van der Waals surface area contributed by atoms with E-state index in [1.54, 1.807) is 29.2 Å². The maximum absolute atomic E-state index is 14.1. The molecule has 6 nitrogen and oxygen atoms in total. The molecule has 3 aromatic carbocycles. The van der Waals surface area contributed by atoms with Gasteiger partial charge in [0, 0.05) is 6.54 Å². The highest BCUT2D eigenvalue weighted by atomic mass is 16.3. The van der Waals surface area contributed by atoms with E-state index in [0.29, 0.717) is 19.4 Å². The molecule has 172 valence electrons. The van der Waals surface area contributed by atoms with Crippen LogP contribution in [0.4, 0.5) is 0 Å². The molecule has 0 saturated carbocycles. The lowest BCUT2D eigenvalue weighted by Crippen LogP contribution is -2.49. The highest BCUT2D eigenvalue weighted by Gasteiger charge is 2.34. The zero-order valence-electron chi connectivity index (χ0n) is 18.9. The second-order valence-electron chi connectivity index (χ2n) is 8.05. The molecule has 6 heteroatoms. The monoisotopic (exact) mass is 445 g/mol. The Kier molecular flexibility index (Phi) is 8.61. The third-order valence-electron chi connectivity index (χ3n) is 5.69. The van der Waals surface area contributed by atoms with Crippen LogP contribution in [0.25, 0.3) is 0 Å². The number of aromatic hydroxyl groups is 1. The number of benzene rings is 3. The number of phenols is 1. The Morgan fingerprint density at radius 1 is 0.909 bits per heavy atom. The van der Waals surface area contributed by atoms with Gasteiger partial charge in [0.25, 0.3) is 0 Å². The number of amides is 2. The summed E-state index contributed by atoms with van der Waals surface area (Å²) in [4.78, 5) is 28.3. The summed E-state index contributed by atoms with van der Waals surface area (Å²) in [7, 11) is 1.85. The van der Waals surface area contributed by atoms with Crippen molar-refractivity contribution >= 4 is 11.8 Å². The minimum absolute atomic E-state index is 0.142. The number of rotatable bonds is 11. The Morgan fingerprint density at radius 2 is 1.45 bits per heavy atom. The standard InChI is InChI=1S/C27H31N3O3/c1-29-18-8-13-24(26(28)32)30(19-20-14-16-23(31)17-15-20)27(33)25(21-9-4-2-5-10-21)22-11-6-3-7-12-22/h2-7,9-12,14-17,24-25,29,31H,8,13,18-19H2,1H3,(H2,28,32)/t24-/m1/s1. The Hall–Kier alpha value is -3.64. The maximum atomic E-state index is 14.1. The average Bonchev–Trinajstić information content (AvgIpc) is 2.83. The highest BCUT2D eigenvalue weighted by Crippen LogP contribution is 2.29. The van der Waals surface area contributed by atoms with Crippen LogP contribution in [-0.2, 0) is 16.1 Å². The van der Waals surface area contributed by atoms with Crippen LogP contribution >= 0.6 is 0 Å². The zero-order chi connectivity index (χ0) is 23.6. The summed E-state index contributed by atoms with van der Waals surface area (Å²) in [6.45, 7) is 0.925. The molecule has 2 amide bonds. The molecular weight excluding hydrogens is 414 g/mol. The predicted octanol–water partition coefficient (Wildman–Crippen LogP) is 3.41. The number of nitrogens with zero attached hydrogens (tertiary/aromatic N) is 1. The van der Waals surface area contributed by atoms with Gasteiger partial charge in [-0.25, -0.2) is 0 Å². The number of phenolic OH excluding ortho intramolecular Hbond substituents is 1. The summed E-state index contributed by atoms with van der Waals surface area (Å²) >= 11 is 0. The number of primary amides is 1. The van der Waals surface area contributed by atoms with Crippen molar-refractivity contribution in [1.29, 1.82) is 0 Å². The van der Waals surface area contributed by atoms with Crippen molar-refractivity contribution < 1.29 is 14.7 Å². The van der Waals surface area contributed by atoms with Gasteiger partial charge < -0.3 is 21.1 Å². The number of nitrogens with one attached hydrogen (secondary N) is 1. The quantitative estimate of drug-likeness (QED) is 0.394. The van der Waals surface area contributed by atoms with Gasteiger partial charge in [-0.1, -0.05) is 72.8 Å². The molecule has 0 saturated heterocycles. The van der Waals surface area contributed by atoms with Crippen LogP contribution in [0.2, 0.25) is 0 Å². The lowest BCUT2D eigenvalue weighted by molar-refractivity contribution is -0.141. The van der Waals surface area contributed by atoms with Gasteiger partial charge in [-0.3, -0.25) is 9.59 Å². The van der Waals surface area contributed by atoms with Gasteiger partial charge in [-0.15, -0.1) is 0 Å². The van der Waals surface area contributed by atoms with Crippen molar-refractivity contribution in [2.24, 2.45) is 5.73 Å². The molecule has 0 radical (unpaired) electrons. The molecule has 0 bridgehead atoms. The van der Waals surface area contributed by atoms with Gasteiger partial charge in [0.1, 0.15) is 11.8 Å². The minimum Gasteiger partial charge on any atom is -0.508 e. The van der Waals surface area contributed by atoms with Gasteiger partial charge in [0.15, 0.2) is 0 Å². The van der Waals surface area contributed by atoms with Crippen molar-refractivity contribution in [3.8, 4) is 5.75 Å². The fraction of sp³-hybridized carbons (Fsp3) is 0.259. The molecule has 3 rings (SSSR count). The largest absolute Gasteiger partial charge is 0.508 e. The van der Waals surface area contributed by atoms with Gasteiger partial charge in [0.2, 0.25) is 11.8 Å². The first-order valence-electron chi connectivity index (χ1n) is 11.1. The first kappa shape index (κ1) is 24.0. The summed E-state index contributed by atoms with van der Waals surface area (Å²) in [5, 5.41) is 12.7. The first-order valence-corrected chi connectivity index (χ1v) is 11.1. The number of carbonyl (C=O) groups is 2. The van der Waals surface area contributed by atoms with E-state index in [1.165, 1.54) is 0 Å². The molecule has 4 N–H and O–H groups in total. The molecule has 1 atom stereocenters. The topological polar surface area (TPSA) is 95.7 Å². The number of hydrogen-bond acceptors (Lipinski definition) is 4. The van der Waals surface area contributed by atoms with Crippen molar-refractivity contribution in [1.82, 2.24) is 10.2 Å². The van der Waals surface area contributed by atoms with E-state index in [-0.39, 0.29) is 18.2 Å². The average molecular weight is 446 g/mol. The van der Waals surface area contributed by atoms with E-state index in [0.717, 1.165) is 16.7 Å². The van der Waals surface area contributed by atoms with Crippen LogP contribution in [0.1, 0.15) is 35.4 Å². The number of carbonyl (C=O) groups excluding carboxylic acids is 2. The molecule has 0 heterocycles.